The molecule has 1 aromatic carbocycles. The van der Waals surface area contributed by atoms with Crippen molar-refractivity contribution in [3.63, 3.8) is 0 Å². The molecule has 0 radical (unpaired) electrons. The van der Waals surface area contributed by atoms with Crippen LogP contribution >= 0.6 is 35.8 Å². The van der Waals surface area contributed by atoms with Crippen LogP contribution in [-0.4, -0.2) is 36.6 Å². The van der Waals surface area contributed by atoms with E-state index in [2.05, 4.69) is 37.9 Å². The van der Waals surface area contributed by atoms with Gasteiger partial charge < -0.3 is 14.7 Å². The maximum atomic E-state index is 6.45. The molecular formula is C18H16Cl2N6OS. The van der Waals surface area contributed by atoms with Gasteiger partial charge in [-0.05, 0) is 25.3 Å². The van der Waals surface area contributed by atoms with Crippen molar-refractivity contribution in [3.05, 3.63) is 34.6 Å². The minimum Gasteiger partial charge on any atom is -0.357 e. The van der Waals surface area contributed by atoms with Crippen LogP contribution < -0.4 is 0 Å². The molecule has 4 heterocycles. The normalized spacial score (nSPS) is 17.5. The monoisotopic (exact) mass is 434 g/mol. The number of ether oxygens (including phenoxy) is 1. The first-order valence-corrected chi connectivity index (χ1v) is 10.1. The topological polar surface area (TPSA) is 84.4 Å². The van der Waals surface area contributed by atoms with Crippen molar-refractivity contribution in [2.75, 3.05) is 6.61 Å². The SMILES string of the molecule is Sc1nnc(-c2[nH]c3c(Cl)c(Cl)ccc3c2-c2cnn(C3CCCCO3)c2)[nH]1. The lowest BCUT2D eigenvalue weighted by Crippen LogP contribution is -2.18. The van der Waals surface area contributed by atoms with Crippen molar-refractivity contribution in [1.29, 1.82) is 0 Å². The Kier molecular flexibility index (Phi) is 4.59. The minimum atomic E-state index is -0.0384. The second-order valence-corrected chi connectivity index (χ2v) is 7.90. The maximum absolute atomic E-state index is 6.45. The summed E-state index contributed by atoms with van der Waals surface area (Å²) in [4.78, 5) is 6.39. The van der Waals surface area contributed by atoms with Crippen LogP contribution in [0.1, 0.15) is 25.5 Å². The van der Waals surface area contributed by atoms with E-state index in [0.717, 1.165) is 53.6 Å². The highest BCUT2D eigenvalue weighted by Crippen LogP contribution is 2.41. The lowest BCUT2D eigenvalue weighted by atomic mass is 10.0. The third-order valence-corrected chi connectivity index (χ3v) is 5.92. The summed E-state index contributed by atoms with van der Waals surface area (Å²) in [5, 5.41) is 15.0. The Morgan fingerprint density at radius 2 is 2.07 bits per heavy atom. The van der Waals surface area contributed by atoms with Crippen LogP contribution in [0.25, 0.3) is 33.5 Å². The Morgan fingerprint density at radius 3 is 2.82 bits per heavy atom. The zero-order valence-corrected chi connectivity index (χ0v) is 17.0. The van der Waals surface area contributed by atoms with Crippen molar-refractivity contribution in [2.24, 2.45) is 0 Å². The van der Waals surface area contributed by atoms with E-state index >= 15 is 0 Å². The average Bonchev–Trinajstić information content (AvgIpc) is 3.43. The zero-order valence-electron chi connectivity index (χ0n) is 14.6. The molecule has 2 N–H and O–H groups in total. The lowest BCUT2D eigenvalue weighted by Gasteiger charge is -2.22. The molecule has 0 amide bonds. The van der Waals surface area contributed by atoms with E-state index in [4.69, 9.17) is 27.9 Å². The van der Waals surface area contributed by atoms with Crippen molar-refractivity contribution in [2.45, 2.75) is 30.6 Å². The summed E-state index contributed by atoms with van der Waals surface area (Å²) in [6.45, 7) is 0.759. The van der Waals surface area contributed by atoms with Crippen molar-refractivity contribution < 1.29 is 4.74 Å². The molecule has 4 aromatic rings. The number of hydrogen-bond acceptors (Lipinski definition) is 5. The molecular weight excluding hydrogens is 419 g/mol. The number of nitrogens with one attached hydrogen (secondary N) is 2. The zero-order chi connectivity index (χ0) is 19.3. The van der Waals surface area contributed by atoms with Gasteiger partial charge in [0.2, 0.25) is 0 Å². The van der Waals surface area contributed by atoms with Crippen molar-refractivity contribution >= 4 is 46.7 Å². The van der Waals surface area contributed by atoms with Crippen LogP contribution in [0.5, 0.6) is 0 Å². The summed E-state index contributed by atoms with van der Waals surface area (Å²) in [7, 11) is 0. The van der Waals surface area contributed by atoms with Crippen LogP contribution in [0, 0.1) is 0 Å². The van der Waals surface area contributed by atoms with Gasteiger partial charge in [-0.1, -0.05) is 29.3 Å². The summed E-state index contributed by atoms with van der Waals surface area (Å²) in [6.07, 6.45) is 6.95. The van der Waals surface area contributed by atoms with Gasteiger partial charge in [-0.15, -0.1) is 22.8 Å². The molecule has 28 heavy (non-hydrogen) atoms. The summed E-state index contributed by atoms with van der Waals surface area (Å²) in [5.74, 6) is 0.560. The molecule has 0 aliphatic carbocycles. The molecule has 1 saturated heterocycles. The van der Waals surface area contributed by atoms with E-state index in [9.17, 15) is 0 Å². The number of hydrogen-bond donors (Lipinski definition) is 3. The first-order valence-electron chi connectivity index (χ1n) is 8.89. The smallest absolute Gasteiger partial charge is 0.185 e. The highest BCUT2D eigenvalue weighted by atomic mass is 35.5. The van der Waals surface area contributed by atoms with Crippen molar-refractivity contribution in [3.8, 4) is 22.6 Å². The van der Waals surface area contributed by atoms with Gasteiger partial charge in [0.25, 0.3) is 0 Å². The molecule has 3 aromatic heterocycles. The molecule has 1 fully saturated rings. The Bertz CT molecular complexity index is 1160. The summed E-state index contributed by atoms with van der Waals surface area (Å²) in [5.41, 5.74) is 3.32. The minimum absolute atomic E-state index is 0.0384. The largest absolute Gasteiger partial charge is 0.357 e. The number of thiol groups is 1. The van der Waals surface area contributed by atoms with Gasteiger partial charge in [-0.3, -0.25) is 0 Å². The first kappa shape index (κ1) is 18.1. The molecule has 0 saturated carbocycles. The lowest BCUT2D eigenvalue weighted by molar-refractivity contribution is -0.0394. The molecule has 144 valence electrons. The van der Waals surface area contributed by atoms with Crippen LogP contribution in [0.3, 0.4) is 0 Å². The van der Waals surface area contributed by atoms with Gasteiger partial charge >= 0.3 is 0 Å². The highest BCUT2D eigenvalue weighted by Gasteiger charge is 2.23. The fraction of sp³-hybridized carbons (Fsp3) is 0.278. The Hall–Kier alpha value is -2.00. The van der Waals surface area contributed by atoms with Crippen LogP contribution in [0.2, 0.25) is 10.0 Å². The number of aromatic amines is 2. The molecule has 1 aliphatic heterocycles. The quantitative estimate of drug-likeness (QED) is 0.391. The Morgan fingerprint density at radius 1 is 1.18 bits per heavy atom. The Balaban J connectivity index is 1.69. The molecule has 0 bridgehead atoms. The second-order valence-electron chi connectivity index (χ2n) is 6.69. The number of rotatable bonds is 3. The van der Waals surface area contributed by atoms with Gasteiger partial charge in [0.15, 0.2) is 11.0 Å². The molecule has 1 unspecified atom stereocenters. The summed E-state index contributed by atoms with van der Waals surface area (Å²) in [6, 6.07) is 3.72. The van der Waals surface area contributed by atoms with E-state index < -0.39 is 0 Å². The Labute approximate surface area is 175 Å². The van der Waals surface area contributed by atoms with E-state index in [0.29, 0.717) is 21.0 Å². The third-order valence-electron chi connectivity index (χ3n) is 4.92. The number of aromatic nitrogens is 6. The van der Waals surface area contributed by atoms with E-state index in [1.807, 2.05) is 23.1 Å². The third kappa shape index (κ3) is 3.00. The van der Waals surface area contributed by atoms with Gasteiger partial charge in [0, 0.05) is 29.3 Å². The van der Waals surface area contributed by atoms with Gasteiger partial charge in [0.05, 0.1) is 27.5 Å². The van der Waals surface area contributed by atoms with E-state index in [1.54, 1.807) is 6.07 Å². The van der Waals surface area contributed by atoms with Gasteiger partial charge in [-0.2, -0.15) is 5.10 Å². The number of nitrogens with zero attached hydrogens (tertiary/aromatic N) is 4. The van der Waals surface area contributed by atoms with E-state index in [-0.39, 0.29) is 6.23 Å². The molecule has 1 aliphatic rings. The summed E-state index contributed by atoms with van der Waals surface area (Å²) < 4.78 is 7.72. The first-order chi connectivity index (χ1) is 13.6. The molecule has 5 rings (SSSR count). The summed E-state index contributed by atoms with van der Waals surface area (Å²) >= 11 is 16.9. The molecule has 10 heteroatoms. The average molecular weight is 435 g/mol. The van der Waals surface area contributed by atoms with E-state index in [1.165, 1.54) is 0 Å². The van der Waals surface area contributed by atoms with Gasteiger partial charge in [0.1, 0.15) is 6.23 Å². The van der Waals surface area contributed by atoms with Crippen LogP contribution in [0.15, 0.2) is 29.7 Å². The molecule has 7 nitrogen and oxygen atoms in total. The fourth-order valence-corrected chi connectivity index (χ4v) is 4.12. The van der Waals surface area contributed by atoms with Crippen LogP contribution in [-0.2, 0) is 4.74 Å². The van der Waals surface area contributed by atoms with Gasteiger partial charge in [-0.25, -0.2) is 4.68 Å². The predicted molar refractivity (Wildman–Crippen MR) is 111 cm³/mol. The number of fused-ring (bicyclic) bond motifs is 1. The predicted octanol–water partition coefficient (Wildman–Crippen LogP) is 5.11. The second kappa shape index (κ2) is 7.11. The van der Waals surface area contributed by atoms with Crippen molar-refractivity contribution in [1.82, 2.24) is 29.9 Å². The van der Waals surface area contributed by atoms with Crippen LogP contribution in [0.4, 0.5) is 0 Å². The fourth-order valence-electron chi connectivity index (χ4n) is 3.60. The number of halogens is 2. The highest BCUT2D eigenvalue weighted by molar-refractivity contribution is 7.80. The standard InChI is InChI=1S/C18H16Cl2N6OS/c19-11-5-4-10-13(9-7-21-26(8-9)12-3-1-2-6-27-12)16(22-15(10)14(11)20)17-23-18(28)25-24-17/h4-5,7-8,12,22H,1-3,6H2,(H2,23,24,25,28). The molecule has 1 atom stereocenters. The number of H-pyrrole nitrogens is 2. The number of benzene rings is 1. The molecule has 0 spiro atoms. The maximum Gasteiger partial charge on any atom is 0.185 e.